The van der Waals surface area contributed by atoms with E-state index in [-0.39, 0.29) is 25.0 Å². The molecule has 0 aliphatic carbocycles. The molecule has 1 aromatic carbocycles. The van der Waals surface area contributed by atoms with Gasteiger partial charge in [0.25, 0.3) is 5.91 Å². The minimum absolute atomic E-state index is 0.0324. The lowest BCUT2D eigenvalue weighted by molar-refractivity contribution is -0.116. The fourth-order valence-electron chi connectivity index (χ4n) is 3.96. The first-order valence-corrected chi connectivity index (χ1v) is 11.6. The molecule has 3 rings (SSSR count). The van der Waals surface area contributed by atoms with Crippen LogP contribution in [0.3, 0.4) is 0 Å². The predicted octanol–water partition coefficient (Wildman–Crippen LogP) is 3.30. The zero-order valence-corrected chi connectivity index (χ0v) is 19.0. The Hall–Kier alpha value is -3.19. The van der Waals surface area contributed by atoms with E-state index in [2.05, 4.69) is 10.3 Å². The van der Waals surface area contributed by atoms with Crippen molar-refractivity contribution in [3.8, 4) is 5.75 Å². The first kappa shape index (κ1) is 24.5. The standard InChI is InChI=1S/C26H33N3O4/c30-17-18-33-24-8-3-7-23(19-24)26(32)29-15-11-21(12-16-29)5-1-2-14-28-25(31)10-9-22-6-4-13-27-20-22/h3-4,6-10,13,19-21,30H,1-2,5,11-12,14-18H2,(H,28,31)/b10-9+. The molecule has 7 nitrogen and oxygen atoms in total. The number of nitrogens with zero attached hydrogens (tertiary/aromatic N) is 2. The van der Waals surface area contributed by atoms with Gasteiger partial charge in [-0.05, 0) is 61.1 Å². The molecule has 33 heavy (non-hydrogen) atoms. The van der Waals surface area contributed by atoms with Crippen LogP contribution in [0.4, 0.5) is 0 Å². The van der Waals surface area contributed by atoms with E-state index in [9.17, 15) is 9.59 Å². The Balaban J connectivity index is 1.30. The summed E-state index contributed by atoms with van der Waals surface area (Å²) in [4.78, 5) is 30.6. The van der Waals surface area contributed by atoms with Crippen molar-refractivity contribution in [2.24, 2.45) is 5.92 Å². The molecule has 1 aromatic heterocycles. The number of unbranched alkanes of at least 4 members (excludes halogenated alkanes) is 1. The molecule has 2 aromatic rings. The van der Waals surface area contributed by atoms with E-state index in [0.717, 1.165) is 50.8 Å². The zero-order valence-electron chi connectivity index (χ0n) is 19.0. The third-order valence-corrected chi connectivity index (χ3v) is 5.79. The molecule has 0 saturated carbocycles. The van der Waals surface area contributed by atoms with Crippen LogP contribution in [0.2, 0.25) is 0 Å². The summed E-state index contributed by atoms with van der Waals surface area (Å²) in [5.74, 6) is 1.17. The number of likely N-dealkylation sites (tertiary alicyclic amines) is 1. The van der Waals surface area contributed by atoms with Crippen molar-refractivity contribution < 1.29 is 19.4 Å². The largest absolute Gasteiger partial charge is 0.491 e. The molecule has 1 fully saturated rings. The van der Waals surface area contributed by atoms with Gasteiger partial charge in [0.1, 0.15) is 12.4 Å². The van der Waals surface area contributed by atoms with Crippen molar-refractivity contribution in [1.82, 2.24) is 15.2 Å². The summed E-state index contributed by atoms with van der Waals surface area (Å²) < 4.78 is 5.41. The average Bonchev–Trinajstić information content (AvgIpc) is 2.87. The van der Waals surface area contributed by atoms with Crippen molar-refractivity contribution >= 4 is 17.9 Å². The maximum absolute atomic E-state index is 12.8. The van der Waals surface area contributed by atoms with Gasteiger partial charge in [-0.3, -0.25) is 14.6 Å². The van der Waals surface area contributed by atoms with Gasteiger partial charge in [0.2, 0.25) is 5.91 Å². The van der Waals surface area contributed by atoms with Crippen LogP contribution >= 0.6 is 0 Å². The molecule has 2 N–H and O–H groups in total. The number of rotatable bonds is 11. The quantitative estimate of drug-likeness (QED) is 0.404. The number of aromatic nitrogens is 1. The second-order valence-electron chi connectivity index (χ2n) is 8.24. The normalized spacial score (nSPS) is 14.4. The average molecular weight is 452 g/mol. The summed E-state index contributed by atoms with van der Waals surface area (Å²) in [6.45, 7) is 2.36. The van der Waals surface area contributed by atoms with Crippen LogP contribution in [0.5, 0.6) is 5.75 Å². The van der Waals surface area contributed by atoms with E-state index in [0.29, 0.717) is 23.8 Å². The molecule has 1 saturated heterocycles. The first-order valence-electron chi connectivity index (χ1n) is 11.6. The monoisotopic (exact) mass is 451 g/mol. The Morgan fingerprint density at radius 3 is 2.79 bits per heavy atom. The lowest BCUT2D eigenvalue weighted by Gasteiger charge is -2.32. The second-order valence-corrected chi connectivity index (χ2v) is 8.24. The van der Waals surface area contributed by atoms with E-state index >= 15 is 0 Å². The molecule has 2 heterocycles. The van der Waals surface area contributed by atoms with E-state index in [4.69, 9.17) is 9.84 Å². The van der Waals surface area contributed by atoms with Gasteiger partial charge in [0.05, 0.1) is 6.61 Å². The summed E-state index contributed by atoms with van der Waals surface area (Å²) in [7, 11) is 0. The van der Waals surface area contributed by atoms with Gasteiger partial charge in [0, 0.05) is 43.7 Å². The summed E-state index contributed by atoms with van der Waals surface area (Å²) in [5, 5.41) is 11.8. The minimum atomic E-state index is -0.0866. The third-order valence-electron chi connectivity index (χ3n) is 5.79. The molecule has 0 atom stereocenters. The molecule has 7 heteroatoms. The third kappa shape index (κ3) is 8.35. The number of benzene rings is 1. The molecular weight excluding hydrogens is 418 g/mol. The molecular formula is C26H33N3O4. The summed E-state index contributed by atoms with van der Waals surface area (Å²) in [5.41, 5.74) is 1.53. The van der Waals surface area contributed by atoms with Crippen molar-refractivity contribution in [3.63, 3.8) is 0 Å². The van der Waals surface area contributed by atoms with Crippen molar-refractivity contribution in [3.05, 3.63) is 66.0 Å². The van der Waals surface area contributed by atoms with Crippen LogP contribution < -0.4 is 10.1 Å². The fraction of sp³-hybridized carbons (Fsp3) is 0.423. The van der Waals surface area contributed by atoms with Gasteiger partial charge >= 0.3 is 0 Å². The number of aliphatic hydroxyl groups is 1. The lowest BCUT2D eigenvalue weighted by Crippen LogP contribution is -2.38. The molecule has 0 spiro atoms. The second kappa shape index (κ2) is 13.4. The maximum Gasteiger partial charge on any atom is 0.253 e. The number of piperidine rings is 1. The predicted molar refractivity (Wildman–Crippen MR) is 128 cm³/mol. The Bertz CT molecular complexity index is 909. The number of carbonyl (C=O) groups is 2. The van der Waals surface area contributed by atoms with E-state index < -0.39 is 0 Å². The topological polar surface area (TPSA) is 91.8 Å². The van der Waals surface area contributed by atoms with Crippen molar-refractivity contribution in [2.45, 2.75) is 32.1 Å². The van der Waals surface area contributed by atoms with E-state index in [1.54, 1.807) is 42.7 Å². The molecule has 0 unspecified atom stereocenters. The number of pyridine rings is 1. The summed E-state index contributed by atoms with van der Waals surface area (Å²) in [6, 6.07) is 10.9. The molecule has 1 aliphatic heterocycles. The number of hydrogen-bond acceptors (Lipinski definition) is 5. The Morgan fingerprint density at radius 1 is 1.18 bits per heavy atom. The van der Waals surface area contributed by atoms with Crippen LogP contribution in [0.1, 0.15) is 48.0 Å². The molecule has 176 valence electrons. The van der Waals surface area contributed by atoms with Crippen LogP contribution in [0.25, 0.3) is 6.08 Å². The highest BCUT2D eigenvalue weighted by molar-refractivity contribution is 5.94. The number of amides is 2. The van der Waals surface area contributed by atoms with Crippen LogP contribution in [0, 0.1) is 5.92 Å². The zero-order chi connectivity index (χ0) is 23.3. The number of carbonyl (C=O) groups excluding carboxylic acids is 2. The summed E-state index contributed by atoms with van der Waals surface area (Å²) >= 11 is 0. The van der Waals surface area contributed by atoms with Gasteiger partial charge in [-0.15, -0.1) is 0 Å². The molecule has 0 radical (unpaired) electrons. The van der Waals surface area contributed by atoms with Crippen LogP contribution in [0.15, 0.2) is 54.9 Å². The smallest absolute Gasteiger partial charge is 0.253 e. The summed E-state index contributed by atoms with van der Waals surface area (Å²) in [6.07, 6.45) is 11.9. The van der Waals surface area contributed by atoms with Gasteiger partial charge in [-0.2, -0.15) is 0 Å². The maximum atomic E-state index is 12.8. The first-order chi connectivity index (χ1) is 16.2. The number of hydrogen-bond donors (Lipinski definition) is 2. The Kier molecular flexibility index (Phi) is 9.91. The highest BCUT2D eigenvalue weighted by atomic mass is 16.5. The highest BCUT2D eigenvalue weighted by Crippen LogP contribution is 2.24. The highest BCUT2D eigenvalue weighted by Gasteiger charge is 2.23. The molecule has 1 aliphatic rings. The fourth-order valence-corrected chi connectivity index (χ4v) is 3.96. The Morgan fingerprint density at radius 2 is 2.03 bits per heavy atom. The number of aliphatic hydroxyl groups excluding tert-OH is 1. The lowest BCUT2D eigenvalue weighted by atomic mass is 9.91. The van der Waals surface area contributed by atoms with E-state index in [1.165, 1.54) is 6.08 Å². The van der Waals surface area contributed by atoms with Crippen LogP contribution in [-0.2, 0) is 4.79 Å². The van der Waals surface area contributed by atoms with Gasteiger partial charge in [-0.1, -0.05) is 25.0 Å². The Labute approximate surface area is 195 Å². The van der Waals surface area contributed by atoms with E-state index in [1.807, 2.05) is 17.0 Å². The van der Waals surface area contributed by atoms with Gasteiger partial charge in [-0.25, -0.2) is 0 Å². The van der Waals surface area contributed by atoms with Gasteiger partial charge < -0.3 is 20.1 Å². The minimum Gasteiger partial charge on any atom is -0.491 e. The number of nitrogens with one attached hydrogen (secondary N) is 1. The van der Waals surface area contributed by atoms with Crippen LogP contribution in [-0.4, -0.2) is 59.7 Å². The SMILES string of the molecule is O=C(/C=C/c1cccnc1)NCCCCC1CCN(C(=O)c2cccc(OCCO)c2)CC1. The van der Waals surface area contributed by atoms with Gasteiger partial charge in [0.15, 0.2) is 0 Å². The van der Waals surface area contributed by atoms with Crippen molar-refractivity contribution in [2.75, 3.05) is 32.8 Å². The van der Waals surface area contributed by atoms with Crippen molar-refractivity contribution in [1.29, 1.82) is 0 Å². The molecule has 0 bridgehead atoms. The molecule has 2 amide bonds. The number of ether oxygens (including phenoxy) is 1.